The fourth-order valence-corrected chi connectivity index (χ4v) is 2.71. The molecule has 0 aliphatic carbocycles. The number of nitrogens with zero attached hydrogens (tertiary/aromatic N) is 1. The van der Waals surface area contributed by atoms with Crippen LogP contribution in [0.4, 0.5) is 14.5 Å². The van der Waals surface area contributed by atoms with Gasteiger partial charge < -0.3 is 14.8 Å². The highest BCUT2D eigenvalue weighted by molar-refractivity contribution is 7.07. The molecule has 0 atom stereocenters. The number of halogens is 2. The summed E-state index contributed by atoms with van der Waals surface area (Å²) in [5.74, 6) is -1.67. The predicted molar refractivity (Wildman–Crippen MR) is 93.8 cm³/mol. The predicted octanol–water partition coefficient (Wildman–Crippen LogP) is 4.26. The summed E-state index contributed by atoms with van der Waals surface area (Å²) in [5, 5.41) is 4.37. The minimum absolute atomic E-state index is 0.150. The fourth-order valence-electron chi connectivity index (χ4n) is 2.17. The molecule has 0 spiro atoms. The maximum absolute atomic E-state index is 13.2. The number of amides is 1. The third-order valence-electron chi connectivity index (χ3n) is 3.46. The summed E-state index contributed by atoms with van der Waals surface area (Å²) in [4.78, 5) is 16.4. The molecule has 134 valence electrons. The van der Waals surface area contributed by atoms with Gasteiger partial charge in [0.2, 0.25) is 0 Å². The molecule has 1 aromatic heterocycles. The second-order valence-electron chi connectivity index (χ2n) is 5.22. The van der Waals surface area contributed by atoms with Gasteiger partial charge in [-0.05, 0) is 30.3 Å². The molecule has 26 heavy (non-hydrogen) atoms. The average molecular weight is 376 g/mol. The lowest BCUT2D eigenvalue weighted by atomic mass is 10.1. The number of rotatable bonds is 6. The first-order valence-corrected chi connectivity index (χ1v) is 8.45. The van der Waals surface area contributed by atoms with Gasteiger partial charge in [0.25, 0.3) is 5.91 Å². The quantitative estimate of drug-likeness (QED) is 0.698. The third kappa shape index (κ3) is 4.15. The smallest absolute Gasteiger partial charge is 0.255 e. The Morgan fingerprint density at radius 3 is 2.69 bits per heavy atom. The Labute approximate surface area is 152 Å². The molecule has 0 saturated heterocycles. The van der Waals surface area contributed by atoms with Crippen LogP contribution in [-0.4, -0.2) is 18.0 Å². The molecule has 1 heterocycles. The number of hydrogen-bond acceptors (Lipinski definition) is 5. The minimum Gasteiger partial charge on any atom is -0.493 e. The van der Waals surface area contributed by atoms with Gasteiger partial charge in [0.15, 0.2) is 23.1 Å². The van der Waals surface area contributed by atoms with E-state index < -0.39 is 17.5 Å². The van der Waals surface area contributed by atoms with Crippen molar-refractivity contribution in [3.05, 3.63) is 70.2 Å². The van der Waals surface area contributed by atoms with Crippen molar-refractivity contribution < 1.29 is 23.0 Å². The number of carbonyl (C=O) groups is 1. The van der Waals surface area contributed by atoms with Crippen LogP contribution in [0.2, 0.25) is 0 Å². The van der Waals surface area contributed by atoms with Gasteiger partial charge in [0.1, 0.15) is 6.61 Å². The third-order valence-corrected chi connectivity index (χ3v) is 4.10. The summed E-state index contributed by atoms with van der Waals surface area (Å²) < 4.78 is 37.1. The van der Waals surface area contributed by atoms with E-state index in [0.29, 0.717) is 11.5 Å². The second-order valence-corrected chi connectivity index (χ2v) is 5.94. The van der Waals surface area contributed by atoms with Crippen LogP contribution < -0.4 is 14.8 Å². The van der Waals surface area contributed by atoms with E-state index in [0.717, 1.165) is 17.8 Å². The molecule has 2 aromatic carbocycles. The van der Waals surface area contributed by atoms with Gasteiger partial charge in [-0.2, -0.15) is 0 Å². The number of benzene rings is 2. The maximum Gasteiger partial charge on any atom is 0.255 e. The number of hydrogen-bond donors (Lipinski definition) is 1. The van der Waals surface area contributed by atoms with Crippen LogP contribution in [0.3, 0.4) is 0 Å². The van der Waals surface area contributed by atoms with Gasteiger partial charge in [0.05, 0.1) is 18.3 Å². The molecule has 0 saturated carbocycles. The van der Waals surface area contributed by atoms with Crippen molar-refractivity contribution in [1.29, 1.82) is 0 Å². The number of carbonyl (C=O) groups excluding carboxylic acids is 1. The Hall–Kier alpha value is -3.00. The molecule has 0 bridgehead atoms. The van der Waals surface area contributed by atoms with Crippen LogP contribution in [0.1, 0.15) is 16.1 Å². The van der Waals surface area contributed by atoms with Crippen molar-refractivity contribution in [3.63, 3.8) is 0 Å². The molecular weight excluding hydrogens is 362 g/mol. The standard InChI is InChI=1S/C18H14F2N2O3S/c1-24-17-6-11(2-5-16(17)25-8-13-9-26-10-21-13)18(23)22-12-3-4-14(19)15(20)7-12/h2-7,9-10H,8H2,1H3,(H,22,23). The van der Waals surface area contributed by atoms with Crippen molar-refractivity contribution in [3.8, 4) is 11.5 Å². The highest BCUT2D eigenvalue weighted by Gasteiger charge is 2.13. The van der Waals surface area contributed by atoms with Crippen molar-refractivity contribution in [2.24, 2.45) is 0 Å². The molecule has 3 aromatic rings. The van der Waals surface area contributed by atoms with Crippen LogP contribution in [0, 0.1) is 11.6 Å². The SMILES string of the molecule is COc1cc(C(=O)Nc2ccc(F)c(F)c2)ccc1OCc1cscn1. The van der Waals surface area contributed by atoms with Crippen LogP contribution in [0.5, 0.6) is 11.5 Å². The normalized spacial score (nSPS) is 10.4. The number of thiazole rings is 1. The number of anilines is 1. The summed E-state index contributed by atoms with van der Waals surface area (Å²) in [6, 6.07) is 7.79. The monoisotopic (exact) mass is 376 g/mol. The molecule has 0 aliphatic heterocycles. The first-order valence-electron chi connectivity index (χ1n) is 7.51. The topological polar surface area (TPSA) is 60.5 Å². The molecule has 1 amide bonds. The second kappa shape index (κ2) is 7.92. The van der Waals surface area contributed by atoms with Gasteiger partial charge >= 0.3 is 0 Å². The summed E-state index contributed by atoms with van der Waals surface area (Å²) in [6.45, 7) is 0.278. The molecule has 0 radical (unpaired) electrons. The largest absolute Gasteiger partial charge is 0.493 e. The Bertz CT molecular complexity index is 917. The first kappa shape index (κ1) is 17.8. The zero-order valence-corrected chi connectivity index (χ0v) is 14.5. The zero-order chi connectivity index (χ0) is 18.5. The summed E-state index contributed by atoms with van der Waals surface area (Å²) >= 11 is 1.47. The van der Waals surface area contributed by atoms with Gasteiger partial charge in [-0.1, -0.05) is 0 Å². The van der Waals surface area contributed by atoms with E-state index in [4.69, 9.17) is 9.47 Å². The van der Waals surface area contributed by atoms with Crippen LogP contribution in [-0.2, 0) is 6.61 Å². The lowest BCUT2D eigenvalue weighted by molar-refractivity contribution is 0.102. The van der Waals surface area contributed by atoms with E-state index >= 15 is 0 Å². The summed E-state index contributed by atoms with van der Waals surface area (Å²) in [7, 11) is 1.46. The lowest BCUT2D eigenvalue weighted by Gasteiger charge is -2.12. The van der Waals surface area contributed by atoms with Crippen molar-refractivity contribution in [2.75, 3.05) is 12.4 Å². The van der Waals surface area contributed by atoms with Crippen LogP contribution in [0.25, 0.3) is 0 Å². The molecule has 0 fully saturated rings. The van der Waals surface area contributed by atoms with E-state index in [1.54, 1.807) is 17.6 Å². The van der Waals surface area contributed by atoms with Crippen LogP contribution in [0.15, 0.2) is 47.3 Å². The molecule has 1 N–H and O–H groups in total. The Morgan fingerprint density at radius 2 is 2.00 bits per heavy atom. The highest BCUT2D eigenvalue weighted by Crippen LogP contribution is 2.29. The Kier molecular flexibility index (Phi) is 5.43. The first-order chi connectivity index (χ1) is 12.6. The minimum atomic E-state index is -1.04. The summed E-state index contributed by atoms with van der Waals surface area (Å²) in [6.07, 6.45) is 0. The fraction of sp³-hybridized carbons (Fsp3) is 0.111. The van der Waals surface area contributed by atoms with E-state index in [1.165, 1.54) is 30.6 Å². The molecule has 0 aliphatic rings. The van der Waals surface area contributed by atoms with Gasteiger partial charge in [0, 0.05) is 22.7 Å². The molecule has 3 rings (SSSR count). The number of aromatic nitrogens is 1. The zero-order valence-electron chi connectivity index (χ0n) is 13.7. The number of nitrogens with one attached hydrogen (secondary N) is 1. The molecule has 8 heteroatoms. The maximum atomic E-state index is 13.2. The van der Waals surface area contributed by atoms with Gasteiger partial charge in [-0.25, -0.2) is 13.8 Å². The van der Waals surface area contributed by atoms with E-state index in [1.807, 2.05) is 5.38 Å². The van der Waals surface area contributed by atoms with Gasteiger partial charge in [-0.15, -0.1) is 11.3 Å². The average Bonchev–Trinajstić information content (AvgIpc) is 3.16. The van der Waals surface area contributed by atoms with Crippen molar-refractivity contribution in [1.82, 2.24) is 4.98 Å². The highest BCUT2D eigenvalue weighted by atomic mass is 32.1. The van der Waals surface area contributed by atoms with Gasteiger partial charge in [-0.3, -0.25) is 4.79 Å². The number of ether oxygens (including phenoxy) is 2. The summed E-state index contributed by atoms with van der Waals surface area (Å²) in [5.41, 5.74) is 2.93. The molecular formula is C18H14F2N2O3S. The molecule has 0 unspecified atom stereocenters. The Morgan fingerprint density at radius 1 is 1.15 bits per heavy atom. The van der Waals surface area contributed by atoms with E-state index in [2.05, 4.69) is 10.3 Å². The van der Waals surface area contributed by atoms with E-state index in [-0.39, 0.29) is 17.9 Å². The van der Waals surface area contributed by atoms with Crippen LogP contribution >= 0.6 is 11.3 Å². The molecule has 5 nitrogen and oxygen atoms in total. The van der Waals surface area contributed by atoms with Crippen molar-refractivity contribution >= 4 is 22.9 Å². The Balaban J connectivity index is 1.73. The number of methoxy groups -OCH3 is 1. The van der Waals surface area contributed by atoms with Crippen molar-refractivity contribution in [2.45, 2.75) is 6.61 Å². The lowest BCUT2D eigenvalue weighted by Crippen LogP contribution is -2.12. The van der Waals surface area contributed by atoms with E-state index in [9.17, 15) is 13.6 Å².